The molecular weight excluding hydrogens is 215 g/mol. The minimum Gasteiger partial charge on any atom is -0.390 e. The summed E-state index contributed by atoms with van der Waals surface area (Å²) in [6.45, 7) is 0. The number of carbonyl (C=O) groups excluding carboxylic acids is 1. The van der Waals surface area contributed by atoms with E-state index in [-0.39, 0.29) is 6.29 Å². The molecule has 7 nitrogen and oxygen atoms in total. The van der Waals surface area contributed by atoms with Gasteiger partial charge in [0.05, 0.1) is 12.3 Å². The molecule has 8 heteroatoms. The second-order valence-corrected chi connectivity index (χ2v) is 4.64. The molecule has 0 aliphatic heterocycles. The molecular formula is C6H13O7P. The molecule has 3 atom stereocenters. The highest BCUT2D eigenvalue weighted by atomic mass is 31.2. The molecule has 84 valence electrons. The first kappa shape index (κ1) is 13.7. The number of aliphatic hydroxyl groups excluding tert-OH is 3. The van der Waals surface area contributed by atoms with Crippen molar-refractivity contribution in [2.24, 2.45) is 0 Å². The molecule has 5 N–H and O–H groups in total. The predicted molar refractivity (Wildman–Crippen MR) is 45.6 cm³/mol. The van der Waals surface area contributed by atoms with E-state index >= 15 is 0 Å². The van der Waals surface area contributed by atoms with E-state index in [9.17, 15) is 9.36 Å². The molecule has 0 aromatic rings. The first-order valence-electron chi connectivity index (χ1n) is 3.82. The molecule has 0 heterocycles. The van der Waals surface area contributed by atoms with E-state index in [1.165, 1.54) is 0 Å². The van der Waals surface area contributed by atoms with Gasteiger partial charge in [0, 0.05) is 0 Å². The van der Waals surface area contributed by atoms with Crippen LogP contribution >= 0.6 is 7.60 Å². The fraction of sp³-hybridized carbons (Fsp3) is 0.833. The van der Waals surface area contributed by atoms with Crippen molar-refractivity contribution >= 4 is 13.9 Å². The van der Waals surface area contributed by atoms with Crippen LogP contribution in [-0.4, -0.2) is 55.9 Å². The molecule has 0 amide bonds. The molecule has 0 spiro atoms. The molecule has 0 aliphatic carbocycles. The van der Waals surface area contributed by atoms with Crippen LogP contribution in [0.2, 0.25) is 0 Å². The highest BCUT2D eigenvalue weighted by molar-refractivity contribution is 7.51. The number of aldehydes is 1. The molecule has 0 aromatic heterocycles. The van der Waals surface area contributed by atoms with Crippen molar-refractivity contribution in [1.29, 1.82) is 0 Å². The summed E-state index contributed by atoms with van der Waals surface area (Å²) in [7, 11) is -4.24. The molecule has 0 unspecified atom stereocenters. The van der Waals surface area contributed by atoms with Gasteiger partial charge in [0.2, 0.25) is 0 Å². The van der Waals surface area contributed by atoms with Crippen LogP contribution in [0.1, 0.15) is 6.42 Å². The second-order valence-electron chi connectivity index (χ2n) is 2.86. The monoisotopic (exact) mass is 228 g/mol. The van der Waals surface area contributed by atoms with Gasteiger partial charge in [-0.3, -0.25) is 4.57 Å². The first-order chi connectivity index (χ1) is 6.28. The van der Waals surface area contributed by atoms with Crippen LogP contribution in [-0.2, 0) is 9.36 Å². The predicted octanol–water partition coefficient (Wildman–Crippen LogP) is -2.16. The second kappa shape index (κ2) is 5.55. The topological polar surface area (TPSA) is 135 Å². The van der Waals surface area contributed by atoms with E-state index in [0.29, 0.717) is 0 Å². The van der Waals surface area contributed by atoms with Crippen LogP contribution < -0.4 is 0 Å². The summed E-state index contributed by atoms with van der Waals surface area (Å²) >= 11 is 0. The van der Waals surface area contributed by atoms with Gasteiger partial charge in [0.1, 0.15) is 12.2 Å². The summed E-state index contributed by atoms with van der Waals surface area (Å²) in [6, 6.07) is 0. The minimum atomic E-state index is -4.24. The Morgan fingerprint density at radius 1 is 1.21 bits per heavy atom. The maximum Gasteiger partial charge on any atom is 0.325 e. The van der Waals surface area contributed by atoms with Gasteiger partial charge >= 0.3 is 7.60 Å². The summed E-state index contributed by atoms with van der Waals surface area (Å²) < 4.78 is 10.4. The van der Waals surface area contributed by atoms with E-state index in [1.54, 1.807) is 0 Å². The largest absolute Gasteiger partial charge is 0.390 e. The maximum absolute atomic E-state index is 10.4. The molecule has 0 saturated heterocycles. The fourth-order valence-electron chi connectivity index (χ4n) is 0.779. The van der Waals surface area contributed by atoms with Crippen LogP contribution in [0.4, 0.5) is 0 Å². The zero-order valence-corrected chi connectivity index (χ0v) is 8.12. The average Bonchev–Trinajstić information content (AvgIpc) is 2.10. The van der Waals surface area contributed by atoms with E-state index in [1.807, 2.05) is 0 Å². The average molecular weight is 228 g/mol. The molecule has 0 radical (unpaired) electrons. The summed E-state index contributed by atoms with van der Waals surface area (Å²) in [5.74, 6) is 0. The Kier molecular flexibility index (Phi) is 5.43. The normalized spacial score (nSPS) is 18.6. The van der Waals surface area contributed by atoms with Gasteiger partial charge in [-0.05, 0) is 6.42 Å². The van der Waals surface area contributed by atoms with E-state index in [4.69, 9.17) is 25.1 Å². The van der Waals surface area contributed by atoms with Gasteiger partial charge in [0.25, 0.3) is 0 Å². The van der Waals surface area contributed by atoms with Gasteiger partial charge in [-0.25, -0.2) is 0 Å². The van der Waals surface area contributed by atoms with Crippen molar-refractivity contribution in [3.05, 3.63) is 0 Å². The van der Waals surface area contributed by atoms with Crippen LogP contribution in [0.5, 0.6) is 0 Å². The SMILES string of the molecule is O=C[C@H](O)[C@H](O)[C@H](O)CCP(=O)(O)O. The van der Waals surface area contributed by atoms with Gasteiger partial charge in [-0.2, -0.15) is 0 Å². The number of carbonyl (C=O) groups is 1. The lowest BCUT2D eigenvalue weighted by molar-refractivity contribution is -0.126. The summed E-state index contributed by atoms with van der Waals surface area (Å²) in [6.07, 6.45) is -5.98. The molecule has 0 saturated carbocycles. The lowest BCUT2D eigenvalue weighted by Crippen LogP contribution is -2.38. The van der Waals surface area contributed by atoms with Gasteiger partial charge in [-0.15, -0.1) is 0 Å². The Labute approximate surface area is 80.2 Å². The molecule has 0 aromatic carbocycles. The Morgan fingerprint density at radius 3 is 2.07 bits per heavy atom. The molecule has 0 bridgehead atoms. The Bertz CT molecular complexity index is 224. The molecule has 0 rings (SSSR count). The Hall–Kier alpha value is -0.300. The van der Waals surface area contributed by atoms with Crippen molar-refractivity contribution in [3.8, 4) is 0 Å². The zero-order chi connectivity index (χ0) is 11.4. The van der Waals surface area contributed by atoms with E-state index in [2.05, 4.69) is 0 Å². The lowest BCUT2D eigenvalue weighted by atomic mass is 10.1. The third-order valence-corrected chi connectivity index (χ3v) is 2.44. The summed E-state index contributed by atoms with van der Waals surface area (Å²) in [5, 5.41) is 26.8. The Balaban J connectivity index is 4.02. The van der Waals surface area contributed by atoms with Gasteiger partial charge in [0.15, 0.2) is 6.29 Å². The number of rotatable bonds is 6. The number of hydrogen-bond donors (Lipinski definition) is 5. The van der Waals surface area contributed by atoms with Crippen molar-refractivity contribution in [1.82, 2.24) is 0 Å². The van der Waals surface area contributed by atoms with Crippen LogP contribution in [0, 0.1) is 0 Å². The standard InChI is InChI=1S/C6H13O7P/c7-3-5(9)6(10)4(8)1-2-14(11,12)13/h3-6,8-10H,1-2H2,(H2,11,12,13)/t4-,5+,6-/m1/s1. The van der Waals surface area contributed by atoms with Crippen molar-refractivity contribution < 1.29 is 34.5 Å². The van der Waals surface area contributed by atoms with Crippen molar-refractivity contribution in [2.45, 2.75) is 24.7 Å². The zero-order valence-electron chi connectivity index (χ0n) is 7.22. The summed E-state index contributed by atoms with van der Waals surface area (Å²) in [5.41, 5.74) is 0. The third-order valence-electron chi connectivity index (χ3n) is 1.60. The lowest BCUT2D eigenvalue weighted by Gasteiger charge is -2.19. The van der Waals surface area contributed by atoms with Crippen LogP contribution in [0.3, 0.4) is 0 Å². The highest BCUT2D eigenvalue weighted by Crippen LogP contribution is 2.35. The van der Waals surface area contributed by atoms with Crippen molar-refractivity contribution in [3.63, 3.8) is 0 Å². The van der Waals surface area contributed by atoms with Crippen LogP contribution in [0.25, 0.3) is 0 Å². The fourth-order valence-corrected chi connectivity index (χ4v) is 1.38. The van der Waals surface area contributed by atoms with E-state index < -0.39 is 38.5 Å². The van der Waals surface area contributed by atoms with Gasteiger partial charge < -0.3 is 29.9 Å². The first-order valence-corrected chi connectivity index (χ1v) is 5.61. The smallest absolute Gasteiger partial charge is 0.325 e. The maximum atomic E-state index is 10.4. The molecule has 0 fully saturated rings. The van der Waals surface area contributed by atoms with Gasteiger partial charge in [-0.1, -0.05) is 0 Å². The van der Waals surface area contributed by atoms with Crippen LogP contribution in [0.15, 0.2) is 0 Å². The summed E-state index contributed by atoms with van der Waals surface area (Å²) in [4.78, 5) is 26.8. The quantitative estimate of drug-likeness (QED) is 0.258. The minimum absolute atomic E-state index is 0.0331. The molecule has 14 heavy (non-hydrogen) atoms. The van der Waals surface area contributed by atoms with E-state index in [0.717, 1.165) is 0 Å². The number of hydrogen-bond acceptors (Lipinski definition) is 5. The highest BCUT2D eigenvalue weighted by Gasteiger charge is 2.26. The Morgan fingerprint density at radius 2 is 1.71 bits per heavy atom. The third kappa shape index (κ3) is 5.43. The molecule has 0 aliphatic rings. The number of aliphatic hydroxyl groups is 3. The van der Waals surface area contributed by atoms with Crippen molar-refractivity contribution in [2.75, 3.05) is 6.16 Å².